The van der Waals surface area contributed by atoms with E-state index in [1.165, 1.54) is 10.9 Å². The Morgan fingerprint density at radius 3 is 2.79 bits per heavy atom. The van der Waals surface area contributed by atoms with E-state index in [2.05, 4.69) is 10.4 Å². The van der Waals surface area contributed by atoms with E-state index in [9.17, 15) is 9.90 Å². The van der Waals surface area contributed by atoms with Gasteiger partial charge in [0.15, 0.2) is 6.10 Å². The summed E-state index contributed by atoms with van der Waals surface area (Å²) in [5.74, 6) is -0.339. The first-order chi connectivity index (χ1) is 9.13. The fourth-order valence-corrected chi connectivity index (χ4v) is 1.64. The number of rotatable bonds is 3. The monoisotopic (exact) mass is 256 g/mol. The Labute approximate surface area is 109 Å². The molecule has 96 valence electrons. The van der Waals surface area contributed by atoms with Gasteiger partial charge in [-0.3, -0.25) is 9.48 Å². The molecule has 6 heteroatoms. The van der Waals surface area contributed by atoms with Crippen molar-refractivity contribution in [1.82, 2.24) is 9.78 Å². The number of nitrogens with zero attached hydrogens (tertiary/aromatic N) is 3. The van der Waals surface area contributed by atoms with Crippen molar-refractivity contribution < 1.29 is 9.90 Å². The normalized spacial score (nSPS) is 11.6. The lowest BCUT2D eigenvalue weighted by Crippen LogP contribution is -2.22. The Hall–Kier alpha value is -2.65. The molecule has 0 fully saturated rings. The zero-order chi connectivity index (χ0) is 13.8. The number of aliphatic hydroxyl groups excluding tert-OH is 1. The molecule has 1 aromatic carbocycles. The molecule has 0 aliphatic carbocycles. The van der Waals surface area contributed by atoms with Gasteiger partial charge in [0.25, 0.3) is 5.91 Å². The molecule has 1 atom stereocenters. The maximum atomic E-state index is 11.9. The number of carbonyl (C=O) groups is 1. The molecule has 2 rings (SSSR count). The number of anilines is 1. The Bertz CT molecular complexity index is 628. The van der Waals surface area contributed by atoms with Gasteiger partial charge in [-0.1, -0.05) is 30.3 Å². The van der Waals surface area contributed by atoms with Crippen LogP contribution in [-0.2, 0) is 11.8 Å². The van der Waals surface area contributed by atoms with Crippen LogP contribution < -0.4 is 5.32 Å². The van der Waals surface area contributed by atoms with Crippen molar-refractivity contribution in [2.24, 2.45) is 7.05 Å². The van der Waals surface area contributed by atoms with Crippen molar-refractivity contribution in [3.63, 3.8) is 0 Å². The molecule has 1 heterocycles. The molecule has 1 amide bonds. The van der Waals surface area contributed by atoms with Crippen LogP contribution in [0.15, 0.2) is 36.5 Å². The van der Waals surface area contributed by atoms with E-state index in [1.807, 2.05) is 6.07 Å². The van der Waals surface area contributed by atoms with Crippen LogP contribution in [0.1, 0.15) is 17.2 Å². The summed E-state index contributed by atoms with van der Waals surface area (Å²) in [7, 11) is 1.60. The van der Waals surface area contributed by atoms with Crippen molar-refractivity contribution >= 4 is 11.7 Å². The third kappa shape index (κ3) is 2.61. The average Bonchev–Trinajstić information content (AvgIpc) is 2.79. The predicted molar refractivity (Wildman–Crippen MR) is 68.0 cm³/mol. The van der Waals surface area contributed by atoms with Crippen LogP contribution in [0.2, 0.25) is 0 Å². The van der Waals surface area contributed by atoms with Gasteiger partial charge in [-0.25, -0.2) is 0 Å². The van der Waals surface area contributed by atoms with Gasteiger partial charge in [-0.15, -0.1) is 0 Å². The molecule has 0 saturated heterocycles. The quantitative estimate of drug-likeness (QED) is 0.855. The Morgan fingerprint density at radius 1 is 1.47 bits per heavy atom. The third-order valence-corrected chi connectivity index (χ3v) is 2.66. The number of nitrogens with one attached hydrogen (secondary N) is 1. The van der Waals surface area contributed by atoms with Gasteiger partial charge in [0.2, 0.25) is 0 Å². The van der Waals surface area contributed by atoms with Gasteiger partial charge < -0.3 is 10.4 Å². The van der Waals surface area contributed by atoms with Gasteiger partial charge in [0, 0.05) is 7.05 Å². The Morgan fingerprint density at radius 2 is 2.16 bits per heavy atom. The standard InChI is InChI=1S/C13H12N4O2/c1-17-12(10(7-14)8-15-17)16-13(19)11(18)9-5-3-2-4-6-9/h2-6,8,11,18H,1H3,(H,16,19). The summed E-state index contributed by atoms with van der Waals surface area (Å²) in [5.41, 5.74) is 0.733. The topological polar surface area (TPSA) is 90.9 Å². The average molecular weight is 256 g/mol. The van der Waals surface area contributed by atoms with Crippen LogP contribution in [-0.4, -0.2) is 20.8 Å². The Kier molecular flexibility index (Phi) is 3.59. The second-order valence-electron chi connectivity index (χ2n) is 3.94. The number of hydrogen-bond donors (Lipinski definition) is 2. The summed E-state index contributed by atoms with van der Waals surface area (Å²) in [6.07, 6.45) is 0.0625. The number of benzene rings is 1. The molecule has 0 saturated carbocycles. The summed E-state index contributed by atoms with van der Waals surface area (Å²) in [4.78, 5) is 11.9. The summed E-state index contributed by atoms with van der Waals surface area (Å²) < 4.78 is 1.37. The van der Waals surface area contributed by atoms with E-state index in [1.54, 1.807) is 37.4 Å². The van der Waals surface area contributed by atoms with E-state index >= 15 is 0 Å². The van der Waals surface area contributed by atoms with Gasteiger partial charge in [-0.05, 0) is 5.56 Å². The van der Waals surface area contributed by atoms with Crippen molar-refractivity contribution in [3.05, 3.63) is 47.7 Å². The minimum atomic E-state index is -1.29. The lowest BCUT2D eigenvalue weighted by atomic mass is 10.1. The molecule has 0 aliphatic heterocycles. The SMILES string of the molecule is Cn1ncc(C#N)c1NC(=O)C(O)c1ccccc1. The summed E-state index contributed by atoms with van der Waals surface area (Å²) in [6.45, 7) is 0. The minimum absolute atomic E-state index is 0.246. The van der Waals surface area contributed by atoms with Gasteiger partial charge in [0.1, 0.15) is 17.5 Å². The molecule has 6 nitrogen and oxygen atoms in total. The number of carbonyl (C=O) groups excluding carboxylic acids is 1. The van der Waals surface area contributed by atoms with Crippen LogP contribution in [0.3, 0.4) is 0 Å². The van der Waals surface area contributed by atoms with Crippen LogP contribution in [0.4, 0.5) is 5.82 Å². The maximum Gasteiger partial charge on any atom is 0.259 e. The smallest absolute Gasteiger partial charge is 0.259 e. The molecular weight excluding hydrogens is 244 g/mol. The summed E-state index contributed by atoms with van der Waals surface area (Å²) >= 11 is 0. The number of hydrogen-bond acceptors (Lipinski definition) is 4. The molecule has 0 radical (unpaired) electrons. The van der Waals surface area contributed by atoms with Gasteiger partial charge >= 0.3 is 0 Å². The highest BCUT2D eigenvalue weighted by atomic mass is 16.3. The largest absolute Gasteiger partial charge is 0.378 e. The second kappa shape index (κ2) is 5.33. The van der Waals surface area contributed by atoms with Crippen LogP contribution >= 0.6 is 0 Å². The maximum absolute atomic E-state index is 11.9. The molecule has 2 N–H and O–H groups in total. The number of aromatic nitrogens is 2. The number of aliphatic hydroxyl groups is 1. The number of aryl methyl sites for hydroxylation is 1. The summed E-state index contributed by atoms with van der Waals surface area (Å²) in [6, 6.07) is 10.5. The van der Waals surface area contributed by atoms with Crippen molar-refractivity contribution in [3.8, 4) is 6.07 Å². The minimum Gasteiger partial charge on any atom is -0.378 e. The van der Waals surface area contributed by atoms with Gasteiger partial charge in [-0.2, -0.15) is 10.4 Å². The molecule has 19 heavy (non-hydrogen) atoms. The van der Waals surface area contributed by atoms with Crippen molar-refractivity contribution in [2.45, 2.75) is 6.10 Å². The highest BCUT2D eigenvalue weighted by Gasteiger charge is 2.20. The lowest BCUT2D eigenvalue weighted by Gasteiger charge is -2.11. The molecular formula is C13H12N4O2. The van der Waals surface area contributed by atoms with Crippen LogP contribution in [0.25, 0.3) is 0 Å². The first kappa shape index (κ1) is 12.8. The van der Waals surface area contributed by atoms with E-state index in [-0.39, 0.29) is 11.4 Å². The lowest BCUT2D eigenvalue weighted by molar-refractivity contribution is -0.124. The van der Waals surface area contributed by atoms with E-state index in [4.69, 9.17) is 5.26 Å². The number of nitriles is 1. The number of amides is 1. The fourth-order valence-electron chi connectivity index (χ4n) is 1.64. The zero-order valence-electron chi connectivity index (χ0n) is 10.2. The Balaban J connectivity index is 2.18. The van der Waals surface area contributed by atoms with Crippen molar-refractivity contribution in [1.29, 1.82) is 5.26 Å². The fraction of sp³-hybridized carbons (Fsp3) is 0.154. The van der Waals surface area contributed by atoms with Crippen LogP contribution in [0.5, 0.6) is 0 Å². The molecule has 2 aromatic rings. The van der Waals surface area contributed by atoms with Gasteiger partial charge in [0.05, 0.1) is 6.20 Å². The predicted octanol–water partition coefficient (Wildman–Crippen LogP) is 0.964. The zero-order valence-corrected chi connectivity index (χ0v) is 10.2. The highest BCUT2D eigenvalue weighted by molar-refractivity contribution is 5.94. The summed E-state index contributed by atoms with van der Waals surface area (Å²) in [5, 5.41) is 25.2. The van der Waals surface area contributed by atoms with E-state index in [0.29, 0.717) is 5.56 Å². The van der Waals surface area contributed by atoms with Crippen molar-refractivity contribution in [2.75, 3.05) is 5.32 Å². The third-order valence-electron chi connectivity index (χ3n) is 2.66. The van der Waals surface area contributed by atoms with E-state index in [0.717, 1.165) is 0 Å². The molecule has 1 aromatic heterocycles. The molecule has 0 bridgehead atoms. The van der Waals surface area contributed by atoms with E-state index < -0.39 is 12.0 Å². The molecule has 0 aliphatic rings. The second-order valence-corrected chi connectivity index (χ2v) is 3.94. The molecule has 0 spiro atoms. The molecule has 1 unspecified atom stereocenters. The first-order valence-corrected chi connectivity index (χ1v) is 5.59. The highest BCUT2D eigenvalue weighted by Crippen LogP contribution is 2.17. The van der Waals surface area contributed by atoms with Crippen LogP contribution in [0, 0.1) is 11.3 Å². The first-order valence-electron chi connectivity index (χ1n) is 5.59.